The number of hydrogen-bond acceptors (Lipinski definition) is 6. The van der Waals surface area contributed by atoms with Gasteiger partial charge in [0, 0.05) is 57.1 Å². The Hall–Kier alpha value is -3.39. The van der Waals surface area contributed by atoms with Crippen LogP contribution in [0.5, 0.6) is 0 Å². The number of aliphatic imine (C=N–C) groups is 1. The van der Waals surface area contributed by atoms with Crippen LogP contribution in [0, 0.1) is 0 Å². The number of rotatable bonds is 6. The van der Waals surface area contributed by atoms with Crippen LogP contribution in [0.25, 0.3) is 11.5 Å². The molecule has 31 heavy (non-hydrogen) atoms. The molecule has 0 spiro atoms. The van der Waals surface area contributed by atoms with Crippen molar-refractivity contribution < 1.29 is 4.42 Å². The fourth-order valence-corrected chi connectivity index (χ4v) is 3.55. The zero-order valence-electron chi connectivity index (χ0n) is 18.1. The van der Waals surface area contributed by atoms with Crippen LogP contribution in [0.4, 0.5) is 5.82 Å². The lowest BCUT2D eigenvalue weighted by molar-refractivity contribution is 0.312. The van der Waals surface area contributed by atoms with Gasteiger partial charge in [-0.05, 0) is 25.2 Å². The Balaban J connectivity index is 1.33. The minimum absolute atomic E-state index is 0.522. The largest absolute Gasteiger partial charge is 0.444 e. The van der Waals surface area contributed by atoms with E-state index in [0.29, 0.717) is 24.9 Å². The number of guanidine groups is 1. The van der Waals surface area contributed by atoms with E-state index in [4.69, 9.17) is 4.42 Å². The van der Waals surface area contributed by atoms with Crippen molar-refractivity contribution in [1.29, 1.82) is 0 Å². The molecule has 0 radical (unpaired) electrons. The van der Waals surface area contributed by atoms with Gasteiger partial charge in [0.05, 0.1) is 12.2 Å². The molecule has 0 unspecified atom stereocenters. The molecule has 0 atom stereocenters. The summed E-state index contributed by atoms with van der Waals surface area (Å²) in [5.41, 5.74) is 2.94. The molecule has 8 heteroatoms. The van der Waals surface area contributed by atoms with Crippen molar-refractivity contribution in [3.05, 3.63) is 66.2 Å². The van der Waals surface area contributed by atoms with Crippen LogP contribution in [0.2, 0.25) is 0 Å². The van der Waals surface area contributed by atoms with Crippen molar-refractivity contribution in [2.45, 2.75) is 13.1 Å². The highest BCUT2D eigenvalue weighted by Gasteiger charge is 2.18. The topological polar surface area (TPSA) is 81.8 Å². The number of likely N-dealkylation sites (N-methyl/N-ethyl adjacent to an activating group) is 1. The maximum absolute atomic E-state index is 5.61. The quantitative estimate of drug-likeness (QED) is 0.469. The van der Waals surface area contributed by atoms with Crippen LogP contribution < -0.4 is 15.5 Å². The first-order valence-corrected chi connectivity index (χ1v) is 10.5. The first-order valence-electron chi connectivity index (χ1n) is 10.5. The van der Waals surface area contributed by atoms with Gasteiger partial charge in [0.2, 0.25) is 5.89 Å². The summed E-state index contributed by atoms with van der Waals surface area (Å²) in [5, 5.41) is 6.69. The van der Waals surface area contributed by atoms with Gasteiger partial charge in [-0.25, -0.2) is 9.97 Å². The van der Waals surface area contributed by atoms with E-state index < -0.39 is 0 Å². The summed E-state index contributed by atoms with van der Waals surface area (Å²) < 4.78 is 5.61. The standard InChI is InChI=1S/C23H29N7O/c1-24-23(27-16-20-17-31-22(28-20)18-7-4-3-5-8-18)26-15-19-9-6-10-25-21(19)30-13-11-29(2)12-14-30/h3-10,17H,11-16H2,1-2H3,(H2,24,26,27). The molecule has 1 saturated heterocycles. The maximum atomic E-state index is 5.61. The third-order valence-electron chi connectivity index (χ3n) is 5.35. The smallest absolute Gasteiger partial charge is 0.226 e. The second kappa shape index (κ2) is 10.1. The number of piperazine rings is 1. The molecule has 8 nitrogen and oxygen atoms in total. The van der Waals surface area contributed by atoms with Crippen molar-refractivity contribution >= 4 is 11.8 Å². The number of anilines is 1. The monoisotopic (exact) mass is 419 g/mol. The molecule has 162 valence electrons. The molecular weight excluding hydrogens is 390 g/mol. The van der Waals surface area contributed by atoms with Crippen molar-refractivity contribution in [2.75, 3.05) is 45.2 Å². The van der Waals surface area contributed by atoms with Crippen molar-refractivity contribution in [2.24, 2.45) is 4.99 Å². The second-order valence-electron chi connectivity index (χ2n) is 7.57. The maximum Gasteiger partial charge on any atom is 0.226 e. The van der Waals surface area contributed by atoms with Crippen LogP contribution in [0.3, 0.4) is 0 Å². The Labute approximate surface area is 183 Å². The zero-order valence-corrected chi connectivity index (χ0v) is 18.1. The van der Waals surface area contributed by atoms with Crippen molar-refractivity contribution in [3.8, 4) is 11.5 Å². The van der Waals surface area contributed by atoms with E-state index in [9.17, 15) is 0 Å². The van der Waals surface area contributed by atoms with Crippen LogP contribution in [-0.2, 0) is 13.1 Å². The van der Waals surface area contributed by atoms with Crippen LogP contribution in [0.1, 0.15) is 11.3 Å². The molecule has 0 bridgehead atoms. The molecule has 4 rings (SSSR count). The van der Waals surface area contributed by atoms with Gasteiger partial charge in [0.25, 0.3) is 0 Å². The van der Waals surface area contributed by atoms with Crippen molar-refractivity contribution in [3.63, 3.8) is 0 Å². The number of pyridine rings is 1. The average Bonchev–Trinajstić information content (AvgIpc) is 3.30. The summed E-state index contributed by atoms with van der Waals surface area (Å²) >= 11 is 0. The van der Waals surface area contributed by atoms with E-state index in [1.54, 1.807) is 13.3 Å². The number of nitrogens with one attached hydrogen (secondary N) is 2. The minimum Gasteiger partial charge on any atom is -0.444 e. The molecule has 3 aromatic rings. The van der Waals surface area contributed by atoms with Gasteiger partial charge in [0.1, 0.15) is 12.1 Å². The summed E-state index contributed by atoms with van der Waals surface area (Å²) in [7, 11) is 3.92. The highest BCUT2D eigenvalue weighted by atomic mass is 16.3. The summed E-state index contributed by atoms with van der Waals surface area (Å²) in [6.07, 6.45) is 3.54. The Bertz CT molecular complexity index is 994. The molecule has 1 fully saturated rings. The minimum atomic E-state index is 0.522. The van der Waals surface area contributed by atoms with Gasteiger partial charge in [-0.1, -0.05) is 24.3 Å². The van der Waals surface area contributed by atoms with Gasteiger partial charge < -0.3 is 24.9 Å². The number of benzene rings is 1. The van der Waals surface area contributed by atoms with E-state index in [2.05, 4.69) is 48.5 Å². The fourth-order valence-electron chi connectivity index (χ4n) is 3.55. The third kappa shape index (κ3) is 5.40. The van der Waals surface area contributed by atoms with E-state index >= 15 is 0 Å². The van der Waals surface area contributed by atoms with E-state index in [-0.39, 0.29) is 0 Å². The van der Waals surface area contributed by atoms with E-state index in [1.165, 1.54) is 0 Å². The number of nitrogens with zero attached hydrogens (tertiary/aromatic N) is 5. The molecule has 1 aliphatic heterocycles. The lowest BCUT2D eigenvalue weighted by Gasteiger charge is -2.34. The summed E-state index contributed by atoms with van der Waals surface area (Å²) in [5.74, 6) is 2.37. The lowest BCUT2D eigenvalue weighted by atomic mass is 10.2. The van der Waals surface area contributed by atoms with Gasteiger partial charge >= 0.3 is 0 Å². The van der Waals surface area contributed by atoms with E-state index in [0.717, 1.165) is 48.8 Å². The zero-order chi connectivity index (χ0) is 21.5. The molecule has 0 saturated carbocycles. The SMILES string of the molecule is CN=C(NCc1coc(-c2ccccc2)n1)NCc1cccnc1N1CCN(C)CC1. The van der Waals surface area contributed by atoms with Crippen molar-refractivity contribution in [1.82, 2.24) is 25.5 Å². The predicted molar refractivity (Wildman–Crippen MR) is 123 cm³/mol. The average molecular weight is 420 g/mol. The fraction of sp³-hybridized carbons (Fsp3) is 0.348. The molecule has 1 aromatic carbocycles. The molecular formula is C23H29N7O. The highest BCUT2D eigenvalue weighted by Crippen LogP contribution is 2.19. The molecule has 2 N–H and O–H groups in total. The van der Waals surface area contributed by atoms with E-state index in [1.807, 2.05) is 42.6 Å². The van der Waals surface area contributed by atoms with Crippen LogP contribution >= 0.6 is 0 Å². The summed E-state index contributed by atoms with van der Waals surface area (Å²) in [6, 6.07) is 14.0. The first-order chi connectivity index (χ1) is 15.2. The van der Waals surface area contributed by atoms with Gasteiger partial charge in [-0.2, -0.15) is 0 Å². The Kier molecular flexibility index (Phi) is 6.78. The third-order valence-corrected chi connectivity index (χ3v) is 5.35. The van der Waals surface area contributed by atoms with Gasteiger partial charge in [-0.3, -0.25) is 4.99 Å². The van der Waals surface area contributed by atoms with Crippen LogP contribution in [-0.4, -0.2) is 61.1 Å². The number of hydrogen-bond donors (Lipinski definition) is 2. The van der Waals surface area contributed by atoms with Crippen LogP contribution in [0.15, 0.2) is 64.3 Å². The molecule has 2 aromatic heterocycles. The summed E-state index contributed by atoms with van der Waals surface area (Å²) in [6.45, 7) is 5.25. The normalized spacial score (nSPS) is 15.2. The first kappa shape index (κ1) is 20.9. The number of aromatic nitrogens is 2. The second-order valence-corrected chi connectivity index (χ2v) is 7.57. The summed E-state index contributed by atoms with van der Waals surface area (Å²) in [4.78, 5) is 18.2. The molecule has 0 amide bonds. The molecule has 3 heterocycles. The van der Waals surface area contributed by atoms with Gasteiger partial charge in [0.15, 0.2) is 5.96 Å². The Morgan fingerprint density at radius 3 is 2.58 bits per heavy atom. The number of oxazole rings is 1. The highest BCUT2D eigenvalue weighted by molar-refractivity contribution is 5.79. The Morgan fingerprint density at radius 1 is 1.03 bits per heavy atom. The lowest BCUT2D eigenvalue weighted by Crippen LogP contribution is -2.45. The predicted octanol–water partition coefficient (Wildman–Crippen LogP) is 2.35. The molecule has 1 aliphatic rings. The Morgan fingerprint density at radius 2 is 1.81 bits per heavy atom. The van der Waals surface area contributed by atoms with Gasteiger partial charge in [-0.15, -0.1) is 0 Å². The molecule has 0 aliphatic carbocycles.